The van der Waals surface area contributed by atoms with E-state index in [0.717, 1.165) is 13.0 Å². The van der Waals surface area contributed by atoms with Crippen LogP contribution in [0.15, 0.2) is 87.8 Å². The molecule has 2 aliphatic heterocycles. The van der Waals surface area contributed by atoms with Crippen LogP contribution in [0.25, 0.3) is 33.4 Å². The van der Waals surface area contributed by atoms with Crippen LogP contribution in [0.4, 0.5) is 5.69 Å². The fourth-order valence-corrected chi connectivity index (χ4v) is 8.10. The van der Waals surface area contributed by atoms with Gasteiger partial charge in [0.15, 0.2) is 11.4 Å². The molecule has 0 saturated heterocycles. The zero-order valence-corrected chi connectivity index (χ0v) is 35.1. The maximum atomic E-state index is 13.6. The van der Waals surface area contributed by atoms with Crippen LogP contribution in [0.2, 0.25) is 0 Å². The van der Waals surface area contributed by atoms with Gasteiger partial charge in [-0.3, -0.25) is 24.1 Å². The number of carboxylic acid groups (broad SMARTS) is 1. The van der Waals surface area contributed by atoms with Gasteiger partial charge in [-0.05, 0) is 75.2 Å². The molecule has 1 amide bonds. The first kappa shape index (κ1) is 47.1. The number of amides is 1. The van der Waals surface area contributed by atoms with E-state index in [1.54, 1.807) is 38.1 Å². The standard InChI is InChI=1S/C41H51N6O14P/c1-20(61-62(56,57)34-17-30(47-40(42)43)36(46-22(3)49)38(60-34)37(53)31(52)18-48)19-58-41(4,5)12-13-44-21(2)45-23-6-9-26(29(14-23)39(54)55)35-27-10-7-24(50)15-32(27)59-33-16-25(51)8-11-28(33)35/h6-11,14-17,20,30-31,36-38,44-45,48,50,52-53H,2,12-13,18-19H2,1,3-5H3,(H,46,49)(H,54,55)(H,56,57)(H4,42,43,47)/t20?,30-,31+,36+,37+,38+/m0/s1. The molecule has 2 unspecified atom stereocenters. The number of hydrogen-bond donors (Lipinski definition) is 12. The molecule has 13 N–H and O–H groups in total. The number of rotatable bonds is 19. The van der Waals surface area contributed by atoms with Gasteiger partial charge < -0.3 is 71.3 Å². The summed E-state index contributed by atoms with van der Waals surface area (Å²) in [6, 6.07) is 11.0. The molecule has 0 saturated carbocycles. The summed E-state index contributed by atoms with van der Waals surface area (Å²) in [5.74, 6) is -1.90. The van der Waals surface area contributed by atoms with Gasteiger partial charge in [0.1, 0.15) is 35.4 Å². The lowest BCUT2D eigenvalue weighted by Crippen LogP contribution is -2.63. The molecule has 5 rings (SSSR count). The monoisotopic (exact) mass is 882 g/mol. The van der Waals surface area contributed by atoms with Crippen molar-refractivity contribution in [2.45, 2.75) is 76.2 Å². The fraction of sp³-hybridized carbons (Fsp3) is 0.366. The molecule has 2 aromatic carbocycles. The molecule has 2 heterocycles. The number of nitrogens with two attached hydrogens (primary N) is 1. The smallest absolute Gasteiger partial charge is 0.393 e. The van der Waals surface area contributed by atoms with Crippen molar-refractivity contribution >= 4 is 42.1 Å². The number of aromatic hydroxyl groups is 1. The molecule has 0 aromatic heterocycles. The SMILES string of the molecule is C=C(NCCC(C)(C)OCC(C)OP(=O)(O)C1=C[C@H](NC(=N)N)[C@@H](NC(C)=O)[C@H]([C@H](O)[C@H](O)CO)O1)Nc1ccc(-c2c3ccc(=O)cc-3oc3cc(O)ccc23)c(C(=O)O)c1. The van der Waals surface area contributed by atoms with Gasteiger partial charge in [0.2, 0.25) is 11.4 Å². The normalized spacial score (nSPS) is 19.0. The molecule has 334 valence electrons. The van der Waals surface area contributed by atoms with E-state index < -0.39 is 79.6 Å². The number of ether oxygens (including phenoxy) is 2. The largest absolute Gasteiger partial charge is 0.508 e. The predicted molar refractivity (Wildman–Crippen MR) is 227 cm³/mol. The highest BCUT2D eigenvalue weighted by Crippen LogP contribution is 2.54. The molecule has 0 bridgehead atoms. The minimum absolute atomic E-state index is 0.0554. The van der Waals surface area contributed by atoms with E-state index >= 15 is 0 Å². The Kier molecular flexibility index (Phi) is 14.7. The lowest BCUT2D eigenvalue weighted by molar-refractivity contribution is -0.126. The molecule has 7 atom stereocenters. The maximum absolute atomic E-state index is 13.6. The number of aliphatic hydroxyl groups is 3. The quantitative estimate of drug-likeness (QED) is 0.0279. The number of hydrogen-bond acceptors (Lipinski definition) is 15. The van der Waals surface area contributed by atoms with Gasteiger partial charge in [-0.15, -0.1) is 0 Å². The van der Waals surface area contributed by atoms with Crippen molar-refractivity contribution in [3.05, 3.63) is 94.4 Å². The summed E-state index contributed by atoms with van der Waals surface area (Å²) in [7, 11) is -4.84. The number of aliphatic hydroxyl groups excluding tert-OH is 3. The Morgan fingerprint density at radius 1 is 1.08 bits per heavy atom. The van der Waals surface area contributed by atoms with E-state index in [2.05, 4.69) is 27.8 Å². The molecule has 2 aromatic rings. The number of guanidine groups is 1. The van der Waals surface area contributed by atoms with Gasteiger partial charge in [-0.2, -0.15) is 0 Å². The number of phenols is 1. The van der Waals surface area contributed by atoms with Crippen molar-refractivity contribution in [3.8, 4) is 28.2 Å². The van der Waals surface area contributed by atoms with E-state index in [1.807, 2.05) is 0 Å². The number of nitrogens with one attached hydrogen (secondary N) is 5. The second kappa shape index (κ2) is 19.4. The number of fused-ring (bicyclic) bond motifs is 2. The molecule has 62 heavy (non-hydrogen) atoms. The number of carbonyl (C=O) groups excluding carboxylic acids is 1. The first-order chi connectivity index (χ1) is 29.1. The molecule has 1 aliphatic carbocycles. The average molecular weight is 883 g/mol. The van der Waals surface area contributed by atoms with Gasteiger partial charge >= 0.3 is 13.6 Å². The minimum atomic E-state index is -4.84. The summed E-state index contributed by atoms with van der Waals surface area (Å²) in [5.41, 5.74) is 5.67. The summed E-state index contributed by atoms with van der Waals surface area (Å²) in [5, 5.41) is 70.1. The number of carboxylic acids is 1. The third-order valence-corrected chi connectivity index (χ3v) is 11.3. The first-order valence-electron chi connectivity index (χ1n) is 19.2. The average Bonchev–Trinajstić information content (AvgIpc) is 3.18. The molecule has 0 fully saturated rings. The lowest BCUT2D eigenvalue weighted by Gasteiger charge is -2.41. The number of anilines is 1. The third kappa shape index (κ3) is 11.5. The van der Waals surface area contributed by atoms with Gasteiger partial charge in [0, 0.05) is 47.8 Å². The number of carbonyl (C=O) groups is 2. The van der Waals surface area contributed by atoms with E-state index in [0.29, 0.717) is 46.6 Å². The Labute approximate surface area is 355 Å². The molecule has 0 radical (unpaired) electrons. The summed E-state index contributed by atoms with van der Waals surface area (Å²) in [6.07, 6.45) is -4.78. The van der Waals surface area contributed by atoms with E-state index in [4.69, 9.17) is 29.6 Å². The van der Waals surface area contributed by atoms with Crippen LogP contribution in [0.5, 0.6) is 5.75 Å². The van der Waals surface area contributed by atoms with Gasteiger partial charge in [-0.1, -0.05) is 12.6 Å². The Morgan fingerprint density at radius 2 is 1.79 bits per heavy atom. The van der Waals surface area contributed by atoms with Crippen LogP contribution in [-0.2, 0) is 23.4 Å². The highest BCUT2D eigenvalue weighted by Gasteiger charge is 2.47. The zero-order valence-electron chi connectivity index (χ0n) is 34.2. The first-order valence-corrected chi connectivity index (χ1v) is 20.8. The number of benzene rings is 3. The van der Waals surface area contributed by atoms with Crippen molar-refractivity contribution in [1.29, 1.82) is 5.41 Å². The second-order valence-corrected chi connectivity index (χ2v) is 17.0. The van der Waals surface area contributed by atoms with Gasteiger partial charge in [0.25, 0.3) is 0 Å². The lowest BCUT2D eigenvalue weighted by atomic mass is 9.90. The summed E-state index contributed by atoms with van der Waals surface area (Å²) in [4.78, 5) is 47.8. The maximum Gasteiger partial charge on any atom is 0.393 e. The van der Waals surface area contributed by atoms with E-state index in [-0.39, 0.29) is 34.7 Å². The van der Waals surface area contributed by atoms with Crippen molar-refractivity contribution in [2.24, 2.45) is 5.73 Å². The van der Waals surface area contributed by atoms with Crippen LogP contribution < -0.4 is 32.4 Å². The fourth-order valence-electron chi connectivity index (χ4n) is 6.84. The molecular weight excluding hydrogens is 831 g/mol. The van der Waals surface area contributed by atoms with Crippen LogP contribution in [0.1, 0.15) is 44.5 Å². The Bertz CT molecular complexity index is 2440. The Morgan fingerprint density at radius 3 is 2.45 bits per heavy atom. The third-order valence-electron chi connectivity index (χ3n) is 9.80. The predicted octanol–water partition coefficient (Wildman–Crippen LogP) is 2.53. The molecule has 20 nitrogen and oxygen atoms in total. The van der Waals surface area contributed by atoms with Crippen LogP contribution in [0, 0.1) is 5.41 Å². The van der Waals surface area contributed by atoms with Crippen molar-refractivity contribution < 1.29 is 63.0 Å². The van der Waals surface area contributed by atoms with Crippen molar-refractivity contribution in [3.63, 3.8) is 0 Å². The van der Waals surface area contributed by atoms with Gasteiger partial charge in [0.05, 0.1) is 48.4 Å². The Balaban J connectivity index is 1.21. The van der Waals surface area contributed by atoms with Crippen LogP contribution in [0.3, 0.4) is 0 Å². The molecule has 21 heteroatoms. The molecule has 3 aliphatic rings. The summed E-state index contributed by atoms with van der Waals surface area (Å²) < 4.78 is 36.6. The number of aromatic carboxylic acids is 1. The van der Waals surface area contributed by atoms with Crippen molar-refractivity contribution in [1.82, 2.24) is 16.0 Å². The second-order valence-electron chi connectivity index (χ2n) is 15.3. The van der Waals surface area contributed by atoms with Crippen molar-refractivity contribution in [2.75, 3.05) is 25.1 Å². The minimum Gasteiger partial charge on any atom is -0.508 e. The van der Waals surface area contributed by atoms with Crippen LogP contribution in [-0.4, -0.2) is 110 Å². The van der Waals surface area contributed by atoms with E-state index in [9.17, 15) is 49.4 Å². The zero-order chi connectivity index (χ0) is 45.7. The topological polar surface area (TPSA) is 328 Å². The highest BCUT2D eigenvalue weighted by molar-refractivity contribution is 7.57. The Hall–Kier alpha value is -5.99. The number of phenolic OH excluding ortho intramolecular Hbond substituents is 1. The highest BCUT2D eigenvalue weighted by atomic mass is 31.2. The van der Waals surface area contributed by atoms with E-state index in [1.165, 1.54) is 37.3 Å². The summed E-state index contributed by atoms with van der Waals surface area (Å²) in [6.45, 7) is 9.44. The summed E-state index contributed by atoms with van der Waals surface area (Å²) >= 11 is 0. The molecule has 0 spiro atoms. The van der Waals surface area contributed by atoms with Crippen LogP contribution >= 0.6 is 7.60 Å². The van der Waals surface area contributed by atoms with Gasteiger partial charge in [-0.25, -0.2) is 4.79 Å². The molecular formula is C41H51N6O14P.